The van der Waals surface area contributed by atoms with Gasteiger partial charge in [-0.15, -0.1) is 11.3 Å². The molecule has 1 aliphatic rings. The maximum Gasteiger partial charge on any atom is 0.261 e. The predicted molar refractivity (Wildman–Crippen MR) is 119 cm³/mol. The van der Waals surface area contributed by atoms with Gasteiger partial charge in [0.25, 0.3) is 5.91 Å². The van der Waals surface area contributed by atoms with E-state index in [1.165, 1.54) is 11.3 Å². The van der Waals surface area contributed by atoms with E-state index >= 15 is 0 Å². The minimum absolute atomic E-state index is 0.0288. The highest BCUT2D eigenvalue weighted by Crippen LogP contribution is 2.19. The molecule has 30 heavy (non-hydrogen) atoms. The maximum atomic E-state index is 12.4. The van der Waals surface area contributed by atoms with Gasteiger partial charge < -0.3 is 15.5 Å². The molecular weight excluding hydrogens is 400 g/mol. The highest BCUT2D eigenvalue weighted by molar-refractivity contribution is 7.12. The molecule has 0 unspecified atom stereocenters. The Morgan fingerprint density at radius 3 is 2.33 bits per heavy atom. The van der Waals surface area contributed by atoms with Gasteiger partial charge in [0.05, 0.1) is 11.4 Å². The molecule has 1 aromatic carbocycles. The Labute approximate surface area is 181 Å². The number of aryl methyl sites for hydroxylation is 2. The average molecular weight is 429 g/mol. The van der Waals surface area contributed by atoms with Gasteiger partial charge in [0, 0.05) is 44.8 Å². The van der Waals surface area contributed by atoms with Crippen LogP contribution in [0, 0.1) is 13.8 Å². The van der Waals surface area contributed by atoms with Crippen molar-refractivity contribution in [3.05, 3.63) is 51.7 Å². The summed E-state index contributed by atoms with van der Waals surface area (Å²) in [6, 6.07) is 9.53. The second-order valence-corrected chi connectivity index (χ2v) is 8.40. The van der Waals surface area contributed by atoms with E-state index in [4.69, 9.17) is 0 Å². The summed E-state index contributed by atoms with van der Waals surface area (Å²) in [7, 11) is 0. The number of nitrogens with zero attached hydrogens (tertiary/aromatic N) is 2. The van der Waals surface area contributed by atoms with Crippen molar-refractivity contribution in [2.75, 3.05) is 44.6 Å². The van der Waals surface area contributed by atoms with Crippen molar-refractivity contribution in [1.82, 2.24) is 15.1 Å². The molecule has 0 spiro atoms. The zero-order chi connectivity index (χ0) is 21.5. The third kappa shape index (κ3) is 5.90. The molecule has 0 aliphatic carbocycles. The first-order valence-corrected chi connectivity index (χ1v) is 11.0. The number of piperazine rings is 1. The number of hydrogen-bond acceptors (Lipinski definition) is 5. The van der Waals surface area contributed by atoms with Crippen LogP contribution in [0.3, 0.4) is 0 Å². The van der Waals surface area contributed by atoms with Crippen molar-refractivity contribution >= 4 is 34.7 Å². The number of anilines is 1. The molecule has 8 heteroatoms. The van der Waals surface area contributed by atoms with E-state index in [1.807, 2.05) is 43.5 Å². The minimum atomic E-state index is -0.141. The molecule has 0 radical (unpaired) electrons. The Morgan fingerprint density at radius 1 is 1.00 bits per heavy atom. The van der Waals surface area contributed by atoms with Gasteiger partial charge in [-0.2, -0.15) is 0 Å². The Balaban J connectivity index is 1.37. The van der Waals surface area contributed by atoms with Crippen LogP contribution in [0.5, 0.6) is 0 Å². The SMILES string of the molecule is Cc1cccc(C)c1NC(=O)CN1CCN(C(=O)CCNC(=O)c2cccs2)CC1. The first-order chi connectivity index (χ1) is 14.4. The Morgan fingerprint density at radius 2 is 1.70 bits per heavy atom. The molecule has 3 rings (SSSR count). The van der Waals surface area contributed by atoms with Crippen LogP contribution in [0.2, 0.25) is 0 Å². The number of carbonyl (C=O) groups is 3. The predicted octanol–water partition coefficient (Wildman–Crippen LogP) is 2.27. The zero-order valence-corrected chi connectivity index (χ0v) is 18.3. The number of rotatable bonds is 7. The summed E-state index contributed by atoms with van der Waals surface area (Å²) in [6.45, 7) is 7.11. The number of thiophene rings is 1. The van der Waals surface area contributed by atoms with Gasteiger partial charge >= 0.3 is 0 Å². The molecule has 2 aromatic rings. The van der Waals surface area contributed by atoms with Crippen molar-refractivity contribution in [1.29, 1.82) is 0 Å². The van der Waals surface area contributed by atoms with E-state index in [0.717, 1.165) is 16.8 Å². The topological polar surface area (TPSA) is 81.8 Å². The van der Waals surface area contributed by atoms with Gasteiger partial charge in [-0.05, 0) is 36.4 Å². The lowest BCUT2D eigenvalue weighted by atomic mass is 10.1. The molecule has 0 saturated carbocycles. The van der Waals surface area contributed by atoms with Crippen molar-refractivity contribution in [2.24, 2.45) is 0 Å². The van der Waals surface area contributed by atoms with Crippen molar-refractivity contribution in [3.63, 3.8) is 0 Å². The van der Waals surface area contributed by atoms with E-state index in [9.17, 15) is 14.4 Å². The number of carbonyl (C=O) groups excluding carboxylic acids is 3. The number of benzene rings is 1. The van der Waals surface area contributed by atoms with E-state index < -0.39 is 0 Å². The van der Waals surface area contributed by atoms with Crippen molar-refractivity contribution in [2.45, 2.75) is 20.3 Å². The molecule has 0 bridgehead atoms. The normalized spacial score (nSPS) is 14.4. The van der Waals surface area contributed by atoms with Crippen LogP contribution < -0.4 is 10.6 Å². The van der Waals surface area contributed by atoms with Gasteiger partial charge in [0.15, 0.2) is 0 Å². The van der Waals surface area contributed by atoms with E-state index in [-0.39, 0.29) is 24.1 Å². The first-order valence-electron chi connectivity index (χ1n) is 10.1. The summed E-state index contributed by atoms with van der Waals surface area (Å²) >= 11 is 1.38. The summed E-state index contributed by atoms with van der Waals surface area (Å²) in [5, 5.41) is 7.64. The minimum Gasteiger partial charge on any atom is -0.351 e. The Hall–Kier alpha value is -2.71. The molecule has 1 aromatic heterocycles. The van der Waals surface area contributed by atoms with Crippen LogP contribution in [-0.4, -0.2) is 66.8 Å². The lowest BCUT2D eigenvalue weighted by Crippen LogP contribution is -2.50. The number of hydrogen-bond donors (Lipinski definition) is 2. The van der Waals surface area contributed by atoms with Crippen LogP contribution in [0.25, 0.3) is 0 Å². The summed E-state index contributed by atoms with van der Waals surface area (Å²) in [5.74, 6) is -0.151. The van der Waals surface area contributed by atoms with Crippen LogP contribution in [-0.2, 0) is 9.59 Å². The van der Waals surface area contributed by atoms with Crippen LogP contribution in [0.15, 0.2) is 35.7 Å². The standard InChI is InChI=1S/C22H28N4O3S/c1-16-5-3-6-17(2)21(16)24-19(27)15-25-10-12-26(13-11-25)20(28)8-9-23-22(29)18-7-4-14-30-18/h3-7,14H,8-13,15H2,1-2H3,(H,23,29)(H,24,27). The fraction of sp³-hybridized carbons (Fsp3) is 0.409. The molecular formula is C22H28N4O3S. The van der Waals surface area contributed by atoms with E-state index in [2.05, 4.69) is 15.5 Å². The molecule has 2 heterocycles. The lowest BCUT2D eigenvalue weighted by Gasteiger charge is -2.34. The second-order valence-electron chi connectivity index (χ2n) is 7.46. The highest BCUT2D eigenvalue weighted by atomic mass is 32.1. The number of amides is 3. The highest BCUT2D eigenvalue weighted by Gasteiger charge is 2.22. The molecule has 1 aliphatic heterocycles. The quantitative estimate of drug-likeness (QED) is 0.709. The van der Waals surface area contributed by atoms with Crippen LogP contribution in [0.4, 0.5) is 5.69 Å². The van der Waals surface area contributed by atoms with Crippen molar-refractivity contribution in [3.8, 4) is 0 Å². The molecule has 1 saturated heterocycles. The Kier molecular flexibility index (Phi) is 7.59. The van der Waals surface area contributed by atoms with Gasteiger partial charge in [0.2, 0.25) is 11.8 Å². The van der Waals surface area contributed by atoms with Crippen molar-refractivity contribution < 1.29 is 14.4 Å². The maximum absolute atomic E-state index is 12.4. The third-order valence-electron chi connectivity index (χ3n) is 5.21. The fourth-order valence-electron chi connectivity index (χ4n) is 3.49. The molecule has 3 amide bonds. The van der Waals surface area contributed by atoms with Gasteiger partial charge in [-0.3, -0.25) is 19.3 Å². The molecule has 1 fully saturated rings. The largest absolute Gasteiger partial charge is 0.351 e. The van der Waals surface area contributed by atoms with E-state index in [0.29, 0.717) is 44.1 Å². The zero-order valence-electron chi connectivity index (χ0n) is 17.4. The summed E-state index contributed by atoms with van der Waals surface area (Å²) in [5.41, 5.74) is 2.97. The third-order valence-corrected chi connectivity index (χ3v) is 6.08. The van der Waals surface area contributed by atoms with E-state index in [1.54, 1.807) is 11.0 Å². The fourth-order valence-corrected chi connectivity index (χ4v) is 4.13. The average Bonchev–Trinajstić information content (AvgIpc) is 3.26. The summed E-state index contributed by atoms with van der Waals surface area (Å²) in [6.07, 6.45) is 0.282. The van der Waals surface area contributed by atoms with Crippen LogP contribution >= 0.6 is 11.3 Å². The van der Waals surface area contributed by atoms with Crippen LogP contribution in [0.1, 0.15) is 27.2 Å². The smallest absolute Gasteiger partial charge is 0.261 e. The summed E-state index contributed by atoms with van der Waals surface area (Å²) < 4.78 is 0. The Bertz CT molecular complexity index is 870. The molecule has 160 valence electrons. The van der Waals surface area contributed by atoms with Gasteiger partial charge in [-0.1, -0.05) is 24.3 Å². The molecule has 7 nitrogen and oxygen atoms in total. The lowest BCUT2D eigenvalue weighted by molar-refractivity contribution is -0.132. The summed E-state index contributed by atoms with van der Waals surface area (Å²) in [4.78, 5) is 41.2. The van der Waals surface area contributed by atoms with Gasteiger partial charge in [0.1, 0.15) is 0 Å². The number of para-hydroxylation sites is 1. The molecule has 2 N–H and O–H groups in total. The monoisotopic (exact) mass is 428 g/mol. The second kappa shape index (κ2) is 10.4. The van der Waals surface area contributed by atoms with Gasteiger partial charge in [-0.25, -0.2) is 0 Å². The first kappa shape index (κ1) is 22.0. The molecule has 0 atom stereocenters. The number of nitrogens with one attached hydrogen (secondary N) is 2.